The molecule has 0 bridgehead atoms. The lowest BCUT2D eigenvalue weighted by Crippen LogP contribution is -2.20. The number of rotatable bonds is 6. The molecule has 2 heterocycles. The van der Waals surface area contributed by atoms with Crippen LogP contribution in [-0.4, -0.2) is 33.7 Å². The number of aromatic nitrogens is 2. The molecule has 4 rings (SSSR count). The largest absolute Gasteiger partial charge is 0.366 e. The molecule has 1 aliphatic heterocycles. The summed E-state index contributed by atoms with van der Waals surface area (Å²) < 4.78 is 2.66. The summed E-state index contributed by atoms with van der Waals surface area (Å²) in [6.45, 7) is 2.08. The van der Waals surface area contributed by atoms with E-state index in [0.717, 1.165) is 36.0 Å². The van der Waals surface area contributed by atoms with Gasteiger partial charge in [0, 0.05) is 35.3 Å². The third-order valence-corrected chi connectivity index (χ3v) is 5.61. The molecule has 8 nitrogen and oxygen atoms in total. The van der Waals surface area contributed by atoms with E-state index in [0.29, 0.717) is 18.1 Å². The van der Waals surface area contributed by atoms with Gasteiger partial charge in [-0.2, -0.15) is 5.10 Å². The third kappa shape index (κ3) is 4.35. The number of carbonyl (C=O) groups excluding carboxylic acids is 1. The first-order chi connectivity index (χ1) is 14.5. The highest BCUT2D eigenvalue weighted by Crippen LogP contribution is 2.32. The summed E-state index contributed by atoms with van der Waals surface area (Å²) in [5.41, 5.74) is 1.78. The molecular formula is C21H20BrN5O3. The zero-order chi connectivity index (χ0) is 21.1. The number of nitrogens with zero attached hydrogens (tertiary/aromatic N) is 4. The Morgan fingerprint density at radius 3 is 2.57 bits per heavy atom. The standard InChI is InChI=1S/C21H20BrN5O3/c22-17-6-3-15(4-7-17)14-26-20(9-10-23-26)24-21(28)16-5-8-18(19(13-16)27(29)30)25-11-1-2-12-25/h3-10,13H,1-2,11-12,14H2,(H,24,28). The molecule has 3 aromatic rings. The van der Waals surface area contributed by atoms with E-state index in [4.69, 9.17) is 0 Å². The second kappa shape index (κ2) is 8.66. The molecule has 0 spiro atoms. The molecule has 0 unspecified atom stereocenters. The maximum Gasteiger partial charge on any atom is 0.293 e. The van der Waals surface area contributed by atoms with Crippen molar-refractivity contribution in [3.63, 3.8) is 0 Å². The molecule has 1 aromatic heterocycles. The van der Waals surface area contributed by atoms with Crippen LogP contribution in [0.4, 0.5) is 17.2 Å². The molecule has 2 aromatic carbocycles. The van der Waals surface area contributed by atoms with Crippen molar-refractivity contribution in [3.8, 4) is 0 Å². The van der Waals surface area contributed by atoms with Crippen LogP contribution < -0.4 is 10.2 Å². The highest BCUT2D eigenvalue weighted by atomic mass is 79.9. The number of hydrogen-bond donors (Lipinski definition) is 1. The maximum atomic E-state index is 12.8. The second-order valence-corrected chi connectivity index (χ2v) is 8.03. The van der Waals surface area contributed by atoms with Crippen molar-refractivity contribution in [2.75, 3.05) is 23.3 Å². The van der Waals surface area contributed by atoms with Crippen molar-refractivity contribution in [1.82, 2.24) is 9.78 Å². The summed E-state index contributed by atoms with van der Waals surface area (Å²) in [7, 11) is 0. The van der Waals surface area contributed by atoms with Crippen molar-refractivity contribution in [2.45, 2.75) is 19.4 Å². The van der Waals surface area contributed by atoms with E-state index in [9.17, 15) is 14.9 Å². The summed E-state index contributed by atoms with van der Waals surface area (Å²) in [6.07, 6.45) is 3.64. The molecule has 1 amide bonds. The Kier molecular flexibility index (Phi) is 5.80. The number of nitro benzene ring substituents is 1. The van der Waals surface area contributed by atoms with Gasteiger partial charge in [0.05, 0.1) is 17.7 Å². The highest BCUT2D eigenvalue weighted by molar-refractivity contribution is 9.10. The SMILES string of the molecule is O=C(Nc1ccnn1Cc1ccc(Br)cc1)c1ccc(N2CCCC2)c([N+](=O)[O-])c1. The van der Waals surface area contributed by atoms with Crippen molar-refractivity contribution < 1.29 is 9.72 Å². The fourth-order valence-corrected chi connectivity index (χ4v) is 3.82. The van der Waals surface area contributed by atoms with E-state index in [1.54, 1.807) is 29.1 Å². The Labute approximate surface area is 181 Å². The van der Waals surface area contributed by atoms with Crippen LogP contribution in [0.5, 0.6) is 0 Å². The van der Waals surface area contributed by atoms with E-state index in [2.05, 4.69) is 26.3 Å². The van der Waals surface area contributed by atoms with Gasteiger partial charge in [0.2, 0.25) is 0 Å². The van der Waals surface area contributed by atoms with Gasteiger partial charge < -0.3 is 10.2 Å². The Morgan fingerprint density at radius 1 is 1.13 bits per heavy atom. The van der Waals surface area contributed by atoms with E-state index < -0.39 is 10.8 Å². The fourth-order valence-electron chi connectivity index (χ4n) is 3.55. The number of hydrogen-bond acceptors (Lipinski definition) is 5. The minimum Gasteiger partial charge on any atom is -0.366 e. The Morgan fingerprint density at radius 2 is 1.87 bits per heavy atom. The monoisotopic (exact) mass is 469 g/mol. The minimum atomic E-state index is -0.428. The highest BCUT2D eigenvalue weighted by Gasteiger charge is 2.24. The topological polar surface area (TPSA) is 93.3 Å². The molecule has 0 radical (unpaired) electrons. The number of anilines is 2. The predicted octanol–water partition coefficient (Wildman–Crippen LogP) is 4.45. The molecule has 1 saturated heterocycles. The average molecular weight is 470 g/mol. The van der Waals surface area contributed by atoms with Crippen LogP contribution in [0.3, 0.4) is 0 Å². The van der Waals surface area contributed by atoms with Crippen LogP contribution in [0, 0.1) is 10.1 Å². The summed E-state index contributed by atoms with van der Waals surface area (Å²) in [4.78, 5) is 25.9. The molecule has 9 heteroatoms. The first-order valence-electron chi connectivity index (χ1n) is 9.62. The summed E-state index contributed by atoms with van der Waals surface area (Å²) >= 11 is 3.41. The van der Waals surface area contributed by atoms with Crippen LogP contribution in [0.25, 0.3) is 0 Å². The fraction of sp³-hybridized carbons (Fsp3) is 0.238. The smallest absolute Gasteiger partial charge is 0.293 e. The van der Waals surface area contributed by atoms with Gasteiger partial charge in [-0.15, -0.1) is 0 Å². The quantitative estimate of drug-likeness (QED) is 0.424. The number of carbonyl (C=O) groups is 1. The molecule has 154 valence electrons. The van der Waals surface area contributed by atoms with Gasteiger partial charge in [-0.1, -0.05) is 28.1 Å². The molecule has 1 aliphatic rings. The summed E-state index contributed by atoms with van der Waals surface area (Å²) in [5, 5.41) is 18.7. The lowest BCUT2D eigenvalue weighted by molar-refractivity contribution is -0.384. The van der Waals surface area contributed by atoms with E-state index in [1.807, 2.05) is 29.2 Å². The van der Waals surface area contributed by atoms with Crippen LogP contribution >= 0.6 is 15.9 Å². The molecule has 0 atom stereocenters. The molecular weight excluding hydrogens is 450 g/mol. The van der Waals surface area contributed by atoms with Gasteiger partial charge in [-0.05, 0) is 42.7 Å². The number of nitrogens with one attached hydrogen (secondary N) is 1. The number of amides is 1. The van der Waals surface area contributed by atoms with E-state index in [-0.39, 0.29) is 11.3 Å². The Hall–Kier alpha value is -3.20. The van der Waals surface area contributed by atoms with Crippen molar-refractivity contribution in [1.29, 1.82) is 0 Å². The number of halogens is 1. The Bertz CT molecular complexity index is 1070. The van der Waals surface area contributed by atoms with E-state index in [1.165, 1.54) is 6.07 Å². The van der Waals surface area contributed by atoms with Crippen LogP contribution in [0.1, 0.15) is 28.8 Å². The third-order valence-electron chi connectivity index (χ3n) is 5.08. The molecule has 0 saturated carbocycles. The van der Waals surface area contributed by atoms with Gasteiger partial charge in [-0.25, -0.2) is 4.68 Å². The van der Waals surface area contributed by atoms with Crippen molar-refractivity contribution >= 4 is 39.0 Å². The summed E-state index contributed by atoms with van der Waals surface area (Å²) in [6, 6.07) is 14.2. The normalized spacial score (nSPS) is 13.4. The van der Waals surface area contributed by atoms with Crippen LogP contribution in [0.2, 0.25) is 0 Å². The minimum absolute atomic E-state index is 0.0482. The van der Waals surface area contributed by atoms with Gasteiger partial charge in [0.15, 0.2) is 0 Å². The van der Waals surface area contributed by atoms with Crippen molar-refractivity contribution in [2.24, 2.45) is 0 Å². The van der Waals surface area contributed by atoms with Gasteiger partial charge in [0.25, 0.3) is 11.6 Å². The van der Waals surface area contributed by atoms with Crippen LogP contribution in [0.15, 0.2) is 59.2 Å². The zero-order valence-electron chi connectivity index (χ0n) is 16.1. The average Bonchev–Trinajstić information content (AvgIpc) is 3.42. The first-order valence-corrected chi connectivity index (χ1v) is 10.4. The van der Waals surface area contributed by atoms with Gasteiger partial charge in [0.1, 0.15) is 11.5 Å². The van der Waals surface area contributed by atoms with E-state index >= 15 is 0 Å². The zero-order valence-corrected chi connectivity index (χ0v) is 17.7. The van der Waals surface area contributed by atoms with Gasteiger partial charge >= 0.3 is 0 Å². The molecule has 0 aliphatic carbocycles. The van der Waals surface area contributed by atoms with Crippen LogP contribution in [-0.2, 0) is 6.54 Å². The number of benzene rings is 2. The molecule has 30 heavy (non-hydrogen) atoms. The second-order valence-electron chi connectivity index (χ2n) is 7.11. The molecule has 1 fully saturated rings. The van der Waals surface area contributed by atoms with Crippen molar-refractivity contribution in [3.05, 3.63) is 80.4 Å². The first kappa shape index (κ1) is 20.1. The lowest BCUT2D eigenvalue weighted by Gasteiger charge is -2.18. The Balaban J connectivity index is 1.53. The maximum absolute atomic E-state index is 12.8. The lowest BCUT2D eigenvalue weighted by atomic mass is 10.1. The van der Waals surface area contributed by atoms with Gasteiger partial charge in [-0.3, -0.25) is 14.9 Å². The summed E-state index contributed by atoms with van der Waals surface area (Å²) in [5.74, 6) is 0.109. The number of nitro groups is 1. The predicted molar refractivity (Wildman–Crippen MR) is 118 cm³/mol. The molecule has 1 N–H and O–H groups in total.